The molecule has 1 aliphatic rings. The Balaban J connectivity index is 1.46. The van der Waals surface area contributed by atoms with Gasteiger partial charge in [-0.05, 0) is 75.1 Å². The van der Waals surface area contributed by atoms with E-state index in [0.29, 0.717) is 30.9 Å². The van der Waals surface area contributed by atoms with Crippen molar-refractivity contribution in [2.24, 2.45) is 15.2 Å². The van der Waals surface area contributed by atoms with Gasteiger partial charge in [0, 0.05) is 18.2 Å². The molecular formula is C37H30Cl6N6O4. The van der Waals surface area contributed by atoms with Crippen LogP contribution < -0.4 is 25.2 Å². The Morgan fingerprint density at radius 3 is 2.34 bits per heavy atom. The van der Waals surface area contributed by atoms with Gasteiger partial charge >= 0.3 is 0 Å². The quantitative estimate of drug-likeness (QED) is 0.0638. The molecule has 1 aliphatic heterocycles. The minimum atomic E-state index is -1.39. The predicted octanol–water partition coefficient (Wildman–Crippen LogP) is 11.3. The number of terminal acetylenes is 1. The van der Waals surface area contributed by atoms with Crippen LogP contribution in [-0.4, -0.2) is 30.3 Å². The third kappa shape index (κ3) is 9.30. The molecule has 16 heteroatoms. The first-order chi connectivity index (χ1) is 25.3. The minimum Gasteiger partial charge on any atom is -0.490 e. The summed E-state index contributed by atoms with van der Waals surface area (Å²) in [6.45, 7) is 6.28. The molecule has 2 amide bonds. The van der Waals surface area contributed by atoms with Crippen molar-refractivity contribution in [3.8, 4) is 24.0 Å². The highest BCUT2D eigenvalue weighted by atomic mass is 35.5. The van der Waals surface area contributed by atoms with Gasteiger partial charge in [-0.15, -0.1) is 0 Å². The number of nitrogens with zero attached hydrogens (tertiary/aromatic N) is 4. The number of anilines is 2. The summed E-state index contributed by atoms with van der Waals surface area (Å²) in [6, 6.07) is 14.3. The average molecular weight is 835 g/mol. The van der Waals surface area contributed by atoms with Crippen LogP contribution in [0.2, 0.25) is 30.1 Å². The van der Waals surface area contributed by atoms with Gasteiger partial charge in [0.2, 0.25) is 11.9 Å². The van der Waals surface area contributed by atoms with E-state index in [1.165, 1.54) is 22.8 Å². The predicted molar refractivity (Wildman–Crippen MR) is 214 cm³/mol. The van der Waals surface area contributed by atoms with E-state index in [0.717, 1.165) is 11.4 Å². The van der Waals surface area contributed by atoms with Crippen molar-refractivity contribution >= 4 is 110 Å². The number of halogens is 6. The van der Waals surface area contributed by atoms with E-state index in [-0.39, 0.29) is 64.7 Å². The highest BCUT2D eigenvalue weighted by Crippen LogP contribution is 2.49. The molecule has 53 heavy (non-hydrogen) atoms. The van der Waals surface area contributed by atoms with E-state index >= 15 is 0 Å². The van der Waals surface area contributed by atoms with E-state index in [2.05, 4.69) is 57.2 Å². The fourth-order valence-corrected chi connectivity index (χ4v) is 6.77. The Labute approximate surface area is 336 Å². The van der Waals surface area contributed by atoms with Crippen molar-refractivity contribution in [3.63, 3.8) is 0 Å². The Hall–Kier alpha value is -4.21. The number of carbonyl (C=O) groups excluding carboxylic acids is 2. The van der Waals surface area contributed by atoms with Gasteiger partial charge in [-0.1, -0.05) is 99.8 Å². The number of ether oxygens (including phenoxy) is 2. The van der Waals surface area contributed by atoms with E-state index in [1.54, 1.807) is 30.3 Å². The minimum absolute atomic E-state index is 0.0297. The molecule has 1 unspecified atom stereocenters. The zero-order chi connectivity index (χ0) is 38.4. The number of hydrogen-bond acceptors (Lipinski definition) is 7. The molecule has 0 radical (unpaired) electrons. The van der Waals surface area contributed by atoms with Crippen molar-refractivity contribution in [1.29, 1.82) is 0 Å². The Morgan fingerprint density at radius 1 is 0.943 bits per heavy atom. The number of amides is 2. The molecular weight excluding hydrogens is 805 g/mol. The first kappa shape index (κ1) is 40.0. The first-order valence-corrected chi connectivity index (χ1v) is 18.3. The Morgan fingerprint density at radius 2 is 1.66 bits per heavy atom. The van der Waals surface area contributed by atoms with Gasteiger partial charge in [0.1, 0.15) is 11.8 Å². The van der Waals surface area contributed by atoms with Gasteiger partial charge in [0.05, 0.1) is 48.1 Å². The standard InChI is InChI=1S/C37H30Cl6N6O4/c1-5-52-26-15-13-23(18-27(26)53-6-2)46-47-34-36(48-49(37(34)51)35-32(42)30(40)29(39)31(41)33(35)43)45-25-17-22(12-14-24(25)38)44-28(50)9-7-8-21-11-10-19(3)16-20(21)4/h2,10-18,34H,5,7-9H2,1,3-4H3,(H,44,50)(H,45,48). The van der Waals surface area contributed by atoms with E-state index in [1.807, 2.05) is 13.8 Å². The van der Waals surface area contributed by atoms with Crippen LogP contribution in [0.5, 0.6) is 11.5 Å². The maximum absolute atomic E-state index is 14.0. The van der Waals surface area contributed by atoms with Crippen molar-refractivity contribution in [1.82, 2.24) is 5.43 Å². The summed E-state index contributed by atoms with van der Waals surface area (Å²) in [5.74, 6) is -0.316. The van der Waals surface area contributed by atoms with Crippen molar-refractivity contribution in [2.45, 2.75) is 46.1 Å². The number of hydrazine groups is 1. The lowest BCUT2D eigenvalue weighted by Crippen LogP contribution is -2.36. The smallest absolute Gasteiger partial charge is 0.280 e. The van der Waals surface area contributed by atoms with Crippen LogP contribution in [0.3, 0.4) is 0 Å². The van der Waals surface area contributed by atoms with E-state index in [9.17, 15) is 9.59 Å². The molecule has 0 saturated carbocycles. The molecule has 1 saturated heterocycles. The number of benzene rings is 4. The molecule has 4 aromatic rings. The molecule has 10 nitrogen and oxygen atoms in total. The largest absolute Gasteiger partial charge is 0.490 e. The van der Waals surface area contributed by atoms with Crippen LogP contribution in [0.4, 0.5) is 22.7 Å². The Kier molecular flexibility index (Phi) is 13.4. The third-order valence-electron chi connectivity index (χ3n) is 7.85. The molecule has 0 aromatic heterocycles. The fourth-order valence-electron chi connectivity index (χ4n) is 5.31. The maximum Gasteiger partial charge on any atom is 0.280 e. The van der Waals surface area contributed by atoms with Crippen molar-refractivity contribution < 1.29 is 19.1 Å². The molecule has 5 rings (SSSR count). The number of rotatable bonds is 12. The summed E-state index contributed by atoms with van der Waals surface area (Å²) in [5.41, 5.74) is 7.27. The molecule has 1 fully saturated rings. The summed E-state index contributed by atoms with van der Waals surface area (Å²) < 4.78 is 10.8. The number of hydrogen-bond donors (Lipinski definition) is 2. The van der Waals surface area contributed by atoms with E-state index in [4.69, 9.17) is 85.5 Å². The van der Waals surface area contributed by atoms with Crippen LogP contribution in [0, 0.1) is 26.4 Å². The fraction of sp³-hybridized carbons (Fsp3) is 0.216. The highest BCUT2D eigenvalue weighted by Gasteiger charge is 2.42. The second kappa shape index (κ2) is 17.7. The van der Waals surface area contributed by atoms with E-state index < -0.39 is 11.9 Å². The number of amidine groups is 1. The third-order valence-corrected chi connectivity index (χ3v) is 10.4. The van der Waals surface area contributed by atoms with Crippen LogP contribution in [-0.2, 0) is 16.0 Å². The molecule has 0 spiro atoms. The second-order valence-electron chi connectivity index (χ2n) is 11.6. The zero-order valence-electron chi connectivity index (χ0n) is 28.4. The van der Waals surface area contributed by atoms with Gasteiger partial charge in [0.25, 0.3) is 5.91 Å². The van der Waals surface area contributed by atoms with Crippen molar-refractivity contribution in [3.05, 3.63) is 101 Å². The number of aliphatic imine (C=N–C) groups is 1. The first-order valence-electron chi connectivity index (χ1n) is 16.0. The number of carbonyl (C=O) groups is 2. The summed E-state index contributed by atoms with van der Waals surface area (Å²) in [5, 5.41) is 12.0. The molecule has 4 aromatic carbocycles. The maximum atomic E-state index is 14.0. The molecule has 2 N–H and O–H groups in total. The number of azo groups is 1. The summed E-state index contributed by atoms with van der Waals surface area (Å²) in [7, 11) is 0. The highest BCUT2D eigenvalue weighted by molar-refractivity contribution is 6.57. The summed E-state index contributed by atoms with van der Waals surface area (Å²) >= 11 is 38.5. The van der Waals surface area contributed by atoms with Crippen LogP contribution in [0.15, 0.2) is 69.8 Å². The number of nitrogens with one attached hydrogen (secondary N) is 2. The zero-order valence-corrected chi connectivity index (χ0v) is 32.9. The number of aryl methyl sites for hydroxylation is 3. The van der Waals surface area contributed by atoms with Crippen LogP contribution in [0.25, 0.3) is 0 Å². The SMILES string of the molecule is C#COc1cc(N=NC2C(=O)N(c3c(Cl)c(Cl)c(Cl)c(Cl)c3Cl)NC2=Nc2cc(NC(=O)CCCc3ccc(C)cc3C)ccc2Cl)ccc1OCC. The second-order valence-corrected chi connectivity index (χ2v) is 13.9. The average Bonchev–Trinajstić information content (AvgIpc) is 3.42. The molecule has 1 heterocycles. The summed E-state index contributed by atoms with van der Waals surface area (Å²) in [6.07, 6.45) is 9.16. The summed E-state index contributed by atoms with van der Waals surface area (Å²) in [4.78, 5) is 31.6. The molecule has 0 aliphatic carbocycles. The van der Waals surface area contributed by atoms with Gasteiger partial charge in [-0.3, -0.25) is 15.0 Å². The van der Waals surface area contributed by atoms with Gasteiger partial charge < -0.3 is 14.8 Å². The lowest BCUT2D eigenvalue weighted by atomic mass is 10.0. The van der Waals surface area contributed by atoms with Gasteiger partial charge in [-0.2, -0.15) is 10.2 Å². The lowest BCUT2D eigenvalue weighted by molar-refractivity contribution is -0.118. The monoisotopic (exact) mass is 832 g/mol. The molecule has 0 bridgehead atoms. The van der Waals surface area contributed by atoms with Gasteiger partial charge in [0.15, 0.2) is 17.3 Å². The lowest BCUT2D eigenvalue weighted by Gasteiger charge is -2.21. The van der Waals surface area contributed by atoms with Crippen molar-refractivity contribution in [2.75, 3.05) is 16.9 Å². The normalized spacial score (nSPS) is 14.8. The van der Waals surface area contributed by atoms with Crippen LogP contribution in [0.1, 0.15) is 36.5 Å². The Bertz CT molecular complexity index is 2160. The molecule has 274 valence electrons. The van der Waals surface area contributed by atoms with Gasteiger partial charge in [-0.25, -0.2) is 10.0 Å². The topological polar surface area (TPSA) is 117 Å². The molecule has 1 atom stereocenters. The van der Waals surface area contributed by atoms with Crippen LogP contribution >= 0.6 is 69.6 Å².